The number of benzene rings is 1. The summed E-state index contributed by atoms with van der Waals surface area (Å²) >= 11 is 0.982. The predicted octanol–water partition coefficient (Wildman–Crippen LogP) is 1.27. The number of hydrogen-bond donors (Lipinski definition) is 1. The molecule has 1 heterocycles. The predicted molar refractivity (Wildman–Crippen MR) is 67.1 cm³/mol. The molecule has 0 radical (unpaired) electrons. The Morgan fingerprint density at radius 3 is 2.50 bits per heavy atom. The quantitative estimate of drug-likeness (QED) is 0.902. The summed E-state index contributed by atoms with van der Waals surface area (Å²) in [6, 6.07) is 6.41. The fraction of sp³-hybridized carbons (Fsp3) is 0.364. The van der Waals surface area contributed by atoms with Crippen LogP contribution in [-0.4, -0.2) is 36.1 Å². The summed E-state index contributed by atoms with van der Waals surface area (Å²) in [4.78, 5) is 10.9. The molecule has 0 amide bonds. The highest BCUT2D eigenvalue weighted by Gasteiger charge is 2.39. The minimum atomic E-state index is -3.63. The van der Waals surface area contributed by atoms with Gasteiger partial charge in [-0.25, -0.2) is 13.2 Å². The highest BCUT2D eigenvalue weighted by molar-refractivity contribution is 8.02. The molecule has 0 spiro atoms. The van der Waals surface area contributed by atoms with Crippen molar-refractivity contribution in [2.24, 2.45) is 0 Å². The van der Waals surface area contributed by atoms with Crippen LogP contribution in [0.15, 0.2) is 29.2 Å². The zero-order valence-corrected chi connectivity index (χ0v) is 11.2. The van der Waals surface area contributed by atoms with Gasteiger partial charge in [0, 0.05) is 5.75 Å². The van der Waals surface area contributed by atoms with Gasteiger partial charge in [-0.2, -0.15) is 0 Å². The maximum absolute atomic E-state index is 12.2. The Morgan fingerprint density at radius 2 is 2.00 bits per heavy atom. The zero-order valence-electron chi connectivity index (χ0n) is 9.57. The van der Waals surface area contributed by atoms with E-state index in [9.17, 15) is 13.2 Å². The highest BCUT2D eigenvalue weighted by atomic mass is 32.2. The van der Waals surface area contributed by atoms with Gasteiger partial charge in [0.1, 0.15) is 0 Å². The van der Waals surface area contributed by atoms with Crippen LogP contribution in [0.3, 0.4) is 0 Å². The lowest BCUT2D eigenvalue weighted by Gasteiger charge is -2.11. The number of aryl methyl sites for hydroxylation is 1. The monoisotopic (exact) mass is 288 g/mol. The molecular formula is C11H12O5S2. The Morgan fingerprint density at radius 1 is 1.39 bits per heavy atom. The van der Waals surface area contributed by atoms with Gasteiger partial charge in [-0.3, -0.25) is 0 Å². The van der Waals surface area contributed by atoms with E-state index in [1.165, 1.54) is 12.1 Å². The lowest BCUT2D eigenvalue weighted by atomic mass is 10.2. The van der Waals surface area contributed by atoms with E-state index in [4.69, 9.17) is 9.84 Å². The first kappa shape index (κ1) is 13.4. The highest BCUT2D eigenvalue weighted by Crippen LogP contribution is 2.31. The third kappa shape index (κ3) is 2.52. The van der Waals surface area contributed by atoms with Crippen LogP contribution in [0.1, 0.15) is 5.56 Å². The van der Waals surface area contributed by atoms with Crippen molar-refractivity contribution in [3.63, 3.8) is 0 Å². The molecule has 1 aliphatic heterocycles. The number of ether oxygens (including phenoxy) is 1. The summed E-state index contributed by atoms with van der Waals surface area (Å²) in [6.45, 7) is 1.86. The first-order chi connectivity index (χ1) is 8.41. The topological polar surface area (TPSA) is 80.7 Å². The minimum Gasteiger partial charge on any atom is -0.479 e. The molecule has 5 nitrogen and oxygen atoms in total. The molecule has 1 aromatic rings. The number of sulfone groups is 1. The fourth-order valence-electron chi connectivity index (χ4n) is 1.55. The van der Waals surface area contributed by atoms with Gasteiger partial charge in [0.2, 0.25) is 15.3 Å². The lowest BCUT2D eigenvalue weighted by Crippen LogP contribution is -2.26. The maximum Gasteiger partial charge on any atom is 0.343 e. The average molecular weight is 288 g/mol. The van der Waals surface area contributed by atoms with Crippen molar-refractivity contribution >= 4 is 27.6 Å². The summed E-state index contributed by atoms with van der Waals surface area (Å²) in [5, 5.41) is 8.76. The smallest absolute Gasteiger partial charge is 0.343 e. The average Bonchev–Trinajstić information content (AvgIpc) is 2.79. The molecule has 1 aromatic carbocycles. The summed E-state index contributed by atoms with van der Waals surface area (Å²) in [7, 11) is -3.63. The van der Waals surface area contributed by atoms with Gasteiger partial charge in [0.05, 0.1) is 4.90 Å². The molecule has 2 rings (SSSR count). The molecular weight excluding hydrogens is 276 g/mol. The van der Waals surface area contributed by atoms with Crippen LogP contribution < -0.4 is 0 Å². The molecule has 0 aliphatic carbocycles. The molecule has 1 N–H and O–H groups in total. The Labute approximate surface area is 109 Å². The number of carboxylic acids is 1. The second kappa shape index (κ2) is 4.91. The standard InChI is InChI=1S/C11H12O5S2/c1-7-2-4-8(5-3-7)18(14,15)9-6-17-11(16-9)10(12)13/h2-5,9,11H,6H2,1H3,(H,12,13)/t9-,11-/m1/s1. The first-order valence-corrected chi connectivity index (χ1v) is 7.81. The van der Waals surface area contributed by atoms with Gasteiger partial charge >= 0.3 is 5.97 Å². The molecule has 1 saturated heterocycles. The Bertz CT molecular complexity index is 549. The van der Waals surface area contributed by atoms with Gasteiger partial charge in [-0.15, -0.1) is 11.8 Å². The third-order valence-electron chi connectivity index (χ3n) is 2.56. The van der Waals surface area contributed by atoms with Crippen LogP contribution in [0.5, 0.6) is 0 Å². The Kier molecular flexibility index (Phi) is 3.65. The van der Waals surface area contributed by atoms with Gasteiger partial charge < -0.3 is 9.84 Å². The van der Waals surface area contributed by atoms with Crippen molar-refractivity contribution in [1.82, 2.24) is 0 Å². The van der Waals surface area contributed by atoms with Gasteiger partial charge in [-0.05, 0) is 19.1 Å². The maximum atomic E-state index is 12.2. The van der Waals surface area contributed by atoms with E-state index < -0.39 is 26.7 Å². The molecule has 0 saturated carbocycles. The van der Waals surface area contributed by atoms with E-state index >= 15 is 0 Å². The van der Waals surface area contributed by atoms with E-state index in [0.717, 1.165) is 17.3 Å². The number of hydrogen-bond acceptors (Lipinski definition) is 5. The second-order valence-electron chi connectivity index (χ2n) is 3.93. The lowest BCUT2D eigenvalue weighted by molar-refractivity contribution is -0.144. The minimum absolute atomic E-state index is 0.132. The molecule has 1 aliphatic rings. The van der Waals surface area contributed by atoms with E-state index in [-0.39, 0.29) is 10.6 Å². The summed E-state index contributed by atoms with van der Waals surface area (Å²) in [6.07, 6.45) is 0. The largest absolute Gasteiger partial charge is 0.479 e. The van der Waals surface area contributed by atoms with Crippen molar-refractivity contribution < 1.29 is 23.1 Å². The molecule has 0 aromatic heterocycles. The van der Waals surface area contributed by atoms with E-state index in [0.29, 0.717) is 0 Å². The number of rotatable bonds is 3. The second-order valence-corrected chi connectivity index (χ2v) is 7.11. The van der Waals surface area contributed by atoms with Crippen molar-refractivity contribution in [2.75, 3.05) is 5.75 Å². The van der Waals surface area contributed by atoms with Crippen LogP contribution in [0, 0.1) is 6.92 Å². The molecule has 0 unspecified atom stereocenters. The van der Waals surface area contributed by atoms with Crippen LogP contribution in [0.2, 0.25) is 0 Å². The Hall–Kier alpha value is -1.05. The van der Waals surface area contributed by atoms with E-state index in [1.54, 1.807) is 12.1 Å². The van der Waals surface area contributed by atoms with Gasteiger partial charge in [-0.1, -0.05) is 17.7 Å². The molecule has 98 valence electrons. The van der Waals surface area contributed by atoms with Crippen molar-refractivity contribution in [1.29, 1.82) is 0 Å². The SMILES string of the molecule is Cc1ccc(S(=O)(=O)[C@@H]2CS[C@H](C(=O)O)O2)cc1. The zero-order chi connectivity index (χ0) is 13.3. The van der Waals surface area contributed by atoms with Crippen LogP contribution in [-0.2, 0) is 19.4 Å². The van der Waals surface area contributed by atoms with Crippen LogP contribution >= 0.6 is 11.8 Å². The normalized spacial score (nSPS) is 24.1. The molecule has 2 atom stereocenters. The Balaban J connectivity index is 2.22. The van der Waals surface area contributed by atoms with Gasteiger partial charge in [0.15, 0.2) is 5.44 Å². The van der Waals surface area contributed by atoms with Crippen molar-refractivity contribution in [3.05, 3.63) is 29.8 Å². The molecule has 18 heavy (non-hydrogen) atoms. The van der Waals surface area contributed by atoms with Crippen LogP contribution in [0.4, 0.5) is 0 Å². The number of thioether (sulfide) groups is 1. The number of aliphatic carboxylic acids is 1. The van der Waals surface area contributed by atoms with Crippen LogP contribution in [0.25, 0.3) is 0 Å². The van der Waals surface area contributed by atoms with Crippen molar-refractivity contribution in [2.45, 2.75) is 22.7 Å². The van der Waals surface area contributed by atoms with Gasteiger partial charge in [0.25, 0.3) is 0 Å². The summed E-state index contributed by atoms with van der Waals surface area (Å²) in [5.41, 5.74) is -1.24. The van der Waals surface area contributed by atoms with Crippen molar-refractivity contribution in [3.8, 4) is 0 Å². The summed E-state index contributed by atoms with van der Waals surface area (Å²) < 4.78 is 29.4. The number of carbonyl (C=O) groups is 1. The first-order valence-electron chi connectivity index (χ1n) is 5.21. The fourth-order valence-corrected chi connectivity index (χ4v) is 4.42. The molecule has 7 heteroatoms. The molecule has 1 fully saturated rings. The van der Waals surface area contributed by atoms with E-state index in [1.807, 2.05) is 6.92 Å². The molecule has 0 bridgehead atoms. The summed E-state index contributed by atoms with van der Waals surface area (Å²) in [5.74, 6) is -1.02. The van der Waals surface area contributed by atoms with E-state index in [2.05, 4.69) is 0 Å². The number of carboxylic acid groups (broad SMARTS) is 1. The third-order valence-corrected chi connectivity index (χ3v) is 5.78.